The third kappa shape index (κ3) is 2.55. The van der Waals surface area contributed by atoms with Crippen molar-refractivity contribution in [3.05, 3.63) is 24.5 Å². The summed E-state index contributed by atoms with van der Waals surface area (Å²) in [6.45, 7) is 4.20. The van der Waals surface area contributed by atoms with E-state index in [2.05, 4.69) is 4.98 Å². The summed E-state index contributed by atoms with van der Waals surface area (Å²) in [6.07, 6.45) is 4.26. The van der Waals surface area contributed by atoms with Crippen LogP contribution in [0, 0.1) is 0 Å². The summed E-state index contributed by atoms with van der Waals surface area (Å²) < 4.78 is 26.4. The zero-order valence-corrected chi connectivity index (χ0v) is 11.9. The molecule has 2 N–H and O–H groups in total. The van der Waals surface area contributed by atoms with Gasteiger partial charge in [0.25, 0.3) is 0 Å². The van der Waals surface area contributed by atoms with Gasteiger partial charge < -0.3 is 5.73 Å². The van der Waals surface area contributed by atoms with E-state index in [9.17, 15) is 8.42 Å². The van der Waals surface area contributed by atoms with E-state index in [-0.39, 0.29) is 4.90 Å². The third-order valence-electron chi connectivity index (χ3n) is 3.66. The first kappa shape index (κ1) is 15.1. The molecule has 0 saturated carbocycles. The number of hydrogen-bond acceptors (Lipinski definition) is 4. The Balaban J connectivity index is 3.21. The molecule has 0 fully saturated rings. The summed E-state index contributed by atoms with van der Waals surface area (Å²) in [4.78, 5) is 4.06. The Morgan fingerprint density at radius 3 is 2.39 bits per heavy atom. The molecule has 0 bridgehead atoms. The van der Waals surface area contributed by atoms with Gasteiger partial charge in [-0.3, -0.25) is 4.98 Å². The van der Waals surface area contributed by atoms with Crippen molar-refractivity contribution in [2.24, 2.45) is 5.73 Å². The molecule has 0 radical (unpaired) electrons. The second kappa shape index (κ2) is 5.77. The molecule has 102 valence electrons. The zero-order valence-electron chi connectivity index (χ0n) is 11.1. The van der Waals surface area contributed by atoms with E-state index in [1.165, 1.54) is 10.5 Å². The van der Waals surface area contributed by atoms with Crippen molar-refractivity contribution in [2.75, 3.05) is 13.6 Å². The Kier molecular flexibility index (Phi) is 4.84. The van der Waals surface area contributed by atoms with Gasteiger partial charge in [0.1, 0.15) is 4.90 Å². The van der Waals surface area contributed by atoms with Crippen LogP contribution in [0.1, 0.15) is 26.7 Å². The SMILES string of the molecule is CCC(CC)(CN)N(C)S(=O)(=O)c1cccnc1. The van der Waals surface area contributed by atoms with Crippen molar-refractivity contribution in [1.82, 2.24) is 9.29 Å². The van der Waals surface area contributed by atoms with Crippen molar-refractivity contribution < 1.29 is 8.42 Å². The predicted octanol–water partition coefficient (Wildman–Crippen LogP) is 1.22. The van der Waals surface area contributed by atoms with Gasteiger partial charge in [0.2, 0.25) is 10.0 Å². The van der Waals surface area contributed by atoms with E-state index in [1.807, 2.05) is 13.8 Å². The Morgan fingerprint density at radius 2 is 2.00 bits per heavy atom. The molecule has 0 atom stereocenters. The molecule has 6 heteroatoms. The summed E-state index contributed by atoms with van der Waals surface area (Å²) in [5.41, 5.74) is 5.25. The lowest BCUT2D eigenvalue weighted by Crippen LogP contribution is -2.53. The highest BCUT2D eigenvalue weighted by Gasteiger charge is 2.37. The normalized spacial score (nSPS) is 12.9. The average molecular weight is 271 g/mol. The van der Waals surface area contributed by atoms with Gasteiger partial charge in [0.05, 0.1) is 0 Å². The highest BCUT2D eigenvalue weighted by atomic mass is 32.2. The number of likely N-dealkylation sites (N-methyl/N-ethyl adjacent to an activating group) is 1. The molecule has 1 aromatic heterocycles. The maximum absolute atomic E-state index is 12.5. The number of hydrogen-bond donors (Lipinski definition) is 1. The Labute approximate surface area is 109 Å². The lowest BCUT2D eigenvalue weighted by molar-refractivity contribution is 0.208. The van der Waals surface area contributed by atoms with Gasteiger partial charge in [-0.2, -0.15) is 4.31 Å². The Morgan fingerprint density at radius 1 is 1.39 bits per heavy atom. The maximum atomic E-state index is 12.5. The largest absolute Gasteiger partial charge is 0.329 e. The van der Waals surface area contributed by atoms with Crippen LogP contribution < -0.4 is 5.73 Å². The molecular weight excluding hydrogens is 250 g/mol. The van der Waals surface area contributed by atoms with E-state index in [0.29, 0.717) is 19.4 Å². The number of nitrogens with two attached hydrogens (primary N) is 1. The molecule has 0 aromatic carbocycles. The van der Waals surface area contributed by atoms with Gasteiger partial charge in [0, 0.05) is 31.5 Å². The number of aromatic nitrogens is 1. The molecule has 1 aromatic rings. The van der Waals surface area contributed by atoms with Crippen molar-refractivity contribution >= 4 is 10.0 Å². The summed E-state index contributed by atoms with van der Waals surface area (Å²) >= 11 is 0. The lowest BCUT2D eigenvalue weighted by atomic mass is 9.93. The molecule has 0 aliphatic rings. The number of nitrogens with zero attached hydrogens (tertiary/aromatic N) is 2. The second-order valence-corrected chi connectivity index (χ2v) is 6.27. The summed E-state index contributed by atoms with van der Waals surface area (Å²) in [6, 6.07) is 3.16. The van der Waals surface area contributed by atoms with Gasteiger partial charge in [-0.15, -0.1) is 0 Å². The van der Waals surface area contributed by atoms with Crippen LogP contribution in [0.15, 0.2) is 29.4 Å². The topological polar surface area (TPSA) is 76.3 Å². The fraction of sp³-hybridized carbons (Fsp3) is 0.583. The average Bonchev–Trinajstić information content (AvgIpc) is 2.42. The first-order valence-corrected chi connectivity index (χ1v) is 7.47. The van der Waals surface area contributed by atoms with Crippen molar-refractivity contribution in [3.63, 3.8) is 0 Å². The number of rotatable bonds is 6. The van der Waals surface area contributed by atoms with Crippen LogP contribution >= 0.6 is 0 Å². The third-order valence-corrected chi connectivity index (χ3v) is 5.60. The molecule has 0 amide bonds. The van der Waals surface area contributed by atoms with Gasteiger partial charge in [0.15, 0.2) is 0 Å². The smallest absolute Gasteiger partial charge is 0.244 e. The molecule has 0 aliphatic carbocycles. The standard InChI is InChI=1S/C12H21N3O2S/c1-4-12(5-2,10-13)15(3)18(16,17)11-7-6-8-14-9-11/h6-9H,4-5,10,13H2,1-3H3. The fourth-order valence-electron chi connectivity index (χ4n) is 2.03. The van der Waals surface area contributed by atoms with Crippen LogP contribution in [0.3, 0.4) is 0 Å². The number of pyridine rings is 1. The molecule has 0 spiro atoms. The van der Waals surface area contributed by atoms with Crippen molar-refractivity contribution in [2.45, 2.75) is 37.1 Å². The predicted molar refractivity (Wildman–Crippen MR) is 71.6 cm³/mol. The first-order valence-electron chi connectivity index (χ1n) is 6.03. The number of sulfonamides is 1. The van der Waals surface area contributed by atoms with Crippen molar-refractivity contribution in [3.8, 4) is 0 Å². The summed E-state index contributed by atoms with van der Waals surface area (Å²) in [5, 5.41) is 0. The maximum Gasteiger partial charge on any atom is 0.244 e. The van der Waals surface area contributed by atoms with Crippen LogP contribution in [-0.2, 0) is 10.0 Å². The highest BCUT2D eigenvalue weighted by molar-refractivity contribution is 7.89. The van der Waals surface area contributed by atoms with Gasteiger partial charge in [-0.1, -0.05) is 13.8 Å². The second-order valence-electron chi connectivity index (χ2n) is 4.30. The van der Waals surface area contributed by atoms with Crippen LogP contribution in [-0.4, -0.2) is 36.8 Å². The van der Waals surface area contributed by atoms with Gasteiger partial charge in [-0.05, 0) is 25.0 Å². The van der Waals surface area contributed by atoms with Crippen molar-refractivity contribution in [1.29, 1.82) is 0 Å². The minimum atomic E-state index is -3.54. The Bertz CT molecular complexity index is 461. The van der Waals surface area contributed by atoms with E-state index >= 15 is 0 Å². The monoisotopic (exact) mass is 271 g/mol. The van der Waals surface area contributed by atoms with E-state index in [0.717, 1.165) is 0 Å². The zero-order chi connectivity index (χ0) is 13.8. The molecule has 0 saturated heterocycles. The van der Waals surface area contributed by atoms with Crippen LogP contribution in [0.4, 0.5) is 0 Å². The summed E-state index contributed by atoms with van der Waals surface area (Å²) in [7, 11) is -1.96. The Hall–Kier alpha value is -0.980. The molecule has 1 rings (SSSR count). The molecule has 1 heterocycles. The summed E-state index contributed by atoms with van der Waals surface area (Å²) in [5.74, 6) is 0. The fourth-order valence-corrected chi connectivity index (χ4v) is 3.63. The van der Waals surface area contributed by atoms with Gasteiger partial charge in [-0.25, -0.2) is 8.42 Å². The van der Waals surface area contributed by atoms with Gasteiger partial charge >= 0.3 is 0 Å². The van der Waals surface area contributed by atoms with Crippen LogP contribution in [0.5, 0.6) is 0 Å². The minimum Gasteiger partial charge on any atom is -0.329 e. The molecule has 18 heavy (non-hydrogen) atoms. The quantitative estimate of drug-likeness (QED) is 0.844. The minimum absolute atomic E-state index is 0.201. The van der Waals surface area contributed by atoms with Crippen LogP contribution in [0.2, 0.25) is 0 Å². The molecule has 0 aliphatic heterocycles. The van der Waals surface area contributed by atoms with E-state index < -0.39 is 15.6 Å². The van der Waals surface area contributed by atoms with E-state index in [4.69, 9.17) is 5.73 Å². The first-order chi connectivity index (χ1) is 8.44. The molecule has 5 nitrogen and oxygen atoms in total. The molecular formula is C12H21N3O2S. The van der Waals surface area contributed by atoms with Crippen LogP contribution in [0.25, 0.3) is 0 Å². The highest BCUT2D eigenvalue weighted by Crippen LogP contribution is 2.27. The lowest BCUT2D eigenvalue weighted by Gasteiger charge is -2.38. The molecule has 0 unspecified atom stereocenters. The van der Waals surface area contributed by atoms with E-state index in [1.54, 1.807) is 25.4 Å².